The van der Waals surface area contributed by atoms with Crippen molar-refractivity contribution in [1.82, 2.24) is 10.2 Å². The molecule has 140 valence electrons. The van der Waals surface area contributed by atoms with Crippen LogP contribution < -0.4 is 9.64 Å². The Labute approximate surface area is 156 Å². The highest BCUT2D eigenvalue weighted by Crippen LogP contribution is 2.22. The Balaban J connectivity index is 1.71. The summed E-state index contributed by atoms with van der Waals surface area (Å²) in [6.07, 6.45) is 0. The Hall–Kier alpha value is -3.26. The van der Waals surface area contributed by atoms with Crippen molar-refractivity contribution in [2.45, 2.75) is 19.5 Å². The Bertz CT molecular complexity index is 923. The van der Waals surface area contributed by atoms with Crippen LogP contribution in [0.4, 0.5) is 5.69 Å². The number of non-ortho nitro benzene ring substituents is 1. The van der Waals surface area contributed by atoms with Crippen LogP contribution in [0.2, 0.25) is 0 Å². The average Bonchev–Trinajstić information content (AvgIpc) is 3.17. The van der Waals surface area contributed by atoms with Crippen molar-refractivity contribution in [3.05, 3.63) is 70.1 Å². The number of nitro benzene ring substituents is 1. The lowest BCUT2D eigenvalue weighted by Gasteiger charge is -2.19. The molecule has 3 aromatic rings. The first-order valence-electron chi connectivity index (χ1n) is 8.51. The molecule has 0 aliphatic heterocycles. The Morgan fingerprint density at radius 2 is 1.96 bits per heavy atom. The zero-order valence-corrected chi connectivity index (χ0v) is 15.4. The summed E-state index contributed by atoms with van der Waals surface area (Å²) >= 11 is 0. The third-order valence-corrected chi connectivity index (χ3v) is 4.49. The molecule has 8 nitrogen and oxygen atoms in total. The lowest BCUT2D eigenvalue weighted by molar-refractivity contribution is -0.925. The molecule has 0 saturated heterocycles. The molecule has 1 heterocycles. The van der Waals surface area contributed by atoms with Gasteiger partial charge in [-0.25, -0.2) is 0 Å². The van der Waals surface area contributed by atoms with Crippen LogP contribution >= 0.6 is 0 Å². The normalized spacial score (nSPS) is 13.1. The minimum Gasteiger partial charge on any atom is -0.497 e. The van der Waals surface area contributed by atoms with Gasteiger partial charge in [-0.05, 0) is 31.2 Å². The first-order chi connectivity index (χ1) is 13.0. The van der Waals surface area contributed by atoms with Crippen LogP contribution in [-0.4, -0.2) is 29.3 Å². The number of methoxy groups -OCH3 is 1. The van der Waals surface area contributed by atoms with Gasteiger partial charge in [0.05, 0.1) is 19.1 Å². The molecule has 0 spiro atoms. The van der Waals surface area contributed by atoms with Gasteiger partial charge in [-0.1, -0.05) is 12.1 Å². The van der Waals surface area contributed by atoms with E-state index in [4.69, 9.17) is 9.15 Å². The molecule has 8 heteroatoms. The maximum absolute atomic E-state index is 10.8. The molecule has 2 atom stereocenters. The number of nitrogens with zero attached hydrogens (tertiary/aromatic N) is 3. The Morgan fingerprint density at radius 1 is 1.22 bits per heavy atom. The maximum atomic E-state index is 10.8. The van der Waals surface area contributed by atoms with E-state index in [0.717, 1.165) is 17.9 Å². The monoisotopic (exact) mass is 369 g/mol. The molecule has 1 aromatic heterocycles. The minimum absolute atomic E-state index is 0.0181. The molecule has 2 aromatic carbocycles. The predicted octanol–water partition coefficient (Wildman–Crippen LogP) is 2.43. The fraction of sp³-hybridized carbons (Fsp3) is 0.263. The van der Waals surface area contributed by atoms with Crippen molar-refractivity contribution < 1.29 is 19.0 Å². The summed E-state index contributed by atoms with van der Waals surface area (Å²) in [4.78, 5) is 11.5. The van der Waals surface area contributed by atoms with E-state index in [1.165, 1.54) is 17.0 Å². The lowest BCUT2D eigenvalue weighted by atomic mass is 10.2. The van der Waals surface area contributed by atoms with Crippen LogP contribution in [0.25, 0.3) is 11.5 Å². The number of hydrogen-bond acceptors (Lipinski definition) is 6. The summed E-state index contributed by atoms with van der Waals surface area (Å²) in [5, 5.41) is 19.0. The van der Waals surface area contributed by atoms with Crippen LogP contribution in [0.3, 0.4) is 0 Å². The molecule has 3 rings (SSSR count). The molecular weight excluding hydrogens is 348 g/mol. The van der Waals surface area contributed by atoms with Gasteiger partial charge < -0.3 is 14.1 Å². The van der Waals surface area contributed by atoms with E-state index in [-0.39, 0.29) is 11.7 Å². The first-order valence-corrected chi connectivity index (χ1v) is 8.51. The second kappa shape index (κ2) is 7.96. The number of hydrogen-bond donors (Lipinski definition) is 1. The number of benzene rings is 2. The molecule has 27 heavy (non-hydrogen) atoms. The second-order valence-corrected chi connectivity index (χ2v) is 6.35. The van der Waals surface area contributed by atoms with E-state index in [0.29, 0.717) is 17.3 Å². The van der Waals surface area contributed by atoms with Gasteiger partial charge >= 0.3 is 0 Å². The molecule has 0 saturated carbocycles. The second-order valence-electron chi connectivity index (χ2n) is 6.35. The molecule has 0 aliphatic carbocycles. The van der Waals surface area contributed by atoms with Crippen molar-refractivity contribution in [3.63, 3.8) is 0 Å². The van der Waals surface area contributed by atoms with Crippen molar-refractivity contribution in [3.8, 4) is 17.2 Å². The smallest absolute Gasteiger partial charge is 0.274 e. The molecule has 1 N–H and O–H groups in total. The quantitative estimate of drug-likeness (QED) is 0.508. The number of nitro groups is 1. The van der Waals surface area contributed by atoms with Crippen LogP contribution in [0.1, 0.15) is 24.4 Å². The van der Waals surface area contributed by atoms with Crippen LogP contribution in [-0.2, 0) is 6.54 Å². The van der Waals surface area contributed by atoms with Gasteiger partial charge in [0, 0.05) is 23.3 Å². The SMILES string of the molecule is COc1cccc(C[NH+](C)[C@@H](C)c2nnc(-c3ccc([N+](=O)[O-])cc3)o2)c1. The summed E-state index contributed by atoms with van der Waals surface area (Å²) in [7, 11) is 3.70. The van der Waals surface area contributed by atoms with Gasteiger partial charge in [0.15, 0.2) is 6.04 Å². The summed E-state index contributed by atoms with van der Waals surface area (Å²) < 4.78 is 11.1. The van der Waals surface area contributed by atoms with Crippen LogP contribution in [0.5, 0.6) is 5.75 Å². The average molecular weight is 369 g/mol. The van der Waals surface area contributed by atoms with Crippen LogP contribution in [0, 0.1) is 10.1 Å². The number of nitrogens with one attached hydrogen (secondary N) is 1. The number of quaternary nitrogens is 1. The fourth-order valence-corrected chi connectivity index (χ4v) is 2.72. The van der Waals surface area contributed by atoms with Crippen molar-refractivity contribution in [1.29, 1.82) is 0 Å². The summed E-state index contributed by atoms with van der Waals surface area (Å²) in [5.74, 6) is 1.69. The Morgan fingerprint density at radius 3 is 2.63 bits per heavy atom. The lowest BCUT2D eigenvalue weighted by Crippen LogP contribution is -3.07. The molecular formula is C19H21N4O4+. The molecule has 0 aliphatic rings. The van der Waals surface area contributed by atoms with E-state index in [9.17, 15) is 10.1 Å². The summed E-state index contributed by atoms with van der Waals surface area (Å²) in [5.41, 5.74) is 1.82. The predicted molar refractivity (Wildman–Crippen MR) is 98.4 cm³/mol. The van der Waals surface area contributed by atoms with E-state index < -0.39 is 4.92 Å². The summed E-state index contributed by atoms with van der Waals surface area (Å²) in [6, 6.07) is 14.0. The molecule has 0 amide bonds. The largest absolute Gasteiger partial charge is 0.497 e. The Kier molecular flexibility index (Phi) is 5.46. The number of ether oxygens (including phenoxy) is 1. The third-order valence-electron chi connectivity index (χ3n) is 4.49. The molecule has 1 unspecified atom stereocenters. The van der Waals surface area contributed by atoms with E-state index in [1.807, 2.05) is 25.1 Å². The molecule has 0 radical (unpaired) electrons. The van der Waals surface area contributed by atoms with Crippen LogP contribution in [0.15, 0.2) is 52.9 Å². The van der Waals surface area contributed by atoms with Crippen molar-refractivity contribution in [2.75, 3.05) is 14.2 Å². The van der Waals surface area contributed by atoms with Crippen molar-refractivity contribution in [2.24, 2.45) is 0 Å². The standard InChI is InChI=1S/C19H20N4O4/c1-13(22(2)12-14-5-4-6-17(11-14)26-3)18-20-21-19(27-18)15-7-9-16(10-8-15)23(24)25/h4-11,13H,12H2,1-3H3/p+1/t13-/m0/s1. The van der Waals surface area contributed by atoms with E-state index in [1.54, 1.807) is 19.2 Å². The topological polar surface area (TPSA) is 95.7 Å². The zero-order valence-electron chi connectivity index (χ0n) is 15.4. The minimum atomic E-state index is -0.442. The first kappa shape index (κ1) is 18.5. The number of aromatic nitrogens is 2. The van der Waals surface area contributed by atoms with E-state index >= 15 is 0 Å². The van der Waals surface area contributed by atoms with E-state index in [2.05, 4.69) is 23.3 Å². The fourth-order valence-electron chi connectivity index (χ4n) is 2.72. The van der Waals surface area contributed by atoms with Gasteiger partial charge in [-0.3, -0.25) is 10.1 Å². The number of rotatable bonds is 7. The maximum Gasteiger partial charge on any atom is 0.274 e. The molecule has 0 fully saturated rings. The highest BCUT2D eigenvalue weighted by Gasteiger charge is 2.23. The highest BCUT2D eigenvalue weighted by molar-refractivity contribution is 5.55. The third kappa shape index (κ3) is 4.29. The van der Waals surface area contributed by atoms with Crippen molar-refractivity contribution >= 4 is 5.69 Å². The van der Waals surface area contributed by atoms with Gasteiger partial charge in [-0.15, -0.1) is 10.2 Å². The van der Waals surface area contributed by atoms with Gasteiger partial charge in [0.1, 0.15) is 12.3 Å². The van der Waals surface area contributed by atoms with Gasteiger partial charge in [-0.2, -0.15) is 0 Å². The zero-order chi connectivity index (χ0) is 19.4. The molecule has 0 bridgehead atoms. The van der Waals surface area contributed by atoms with Gasteiger partial charge in [0.2, 0.25) is 5.89 Å². The summed E-state index contributed by atoms with van der Waals surface area (Å²) in [6.45, 7) is 2.79. The van der Waals surface area contributed by atoms with Gasteiger partial charge in [0.25, 0.3) is 11.6 Å². The highest BCUT2D eigenvalue weighted by atomic mass is 16.6.